The Morgan fingerprint density at radius 1 is 1.24 bits per heavy atom. The van der Waals surface area contributed by atoms with Crippen molar-refractivity contribution in [3.05, 3.63) is 28.8 Å². The predicted octanol–water partition coefficient (Wildman–Crippen LogP) is 2.83. The number of phenolic OH excluding ortho intramolecular Hbond substituents is 1. The third-order valence-corrected chi connectivity index (χ3v) is 6.12. The van der Waals surface area contributed by atoms with E-state index in [9.17, 15) is 5.11 Å². The third kappa shape index (κ3) is 6.34. The molecule has 0 unspecified atom stereocenters. The number of nitrogens with zero attached hydrogens (tertiary/aromatic N) is 2. The van der Waals surface area contributed by atoms with Crippen molar-refractivity contribution in [2.75, 3.05) is 39.9 Å². The molecule has 0 amide bonds. The lowest BCUT2D eigenvalue weighted by atomic mass is 9.88. The number of benzene rings is 1. The van der Waals surface area contributed by atoms with E-state index >= 15 is 0 Å². The number of aliphatic imine (C=N–C) groups is 1. The summed E-state index contributed by atoms with van der Waals surface area (Å²) >= 11 is 0. The number of aromatic hydroxyl groups is 1. The topological polar surface area (TPSA) is 69.1 Å². The molecule has 3 N–H and O–H groups in total. The number of hydrogen-bond donors (Lipinski definition) is 3. The lowest BCUT2D eigenvalue weighted by Gasteiger charge is -2.33. The molecule has 0 spiro atoms. The van der Waals surface area contributed by atoms with Crippen LogP contribution in [-0.2, 0) is 24.1 Å². The zero-order valence-corrected chi connectivity index (χ0v) is 18.2. The second-order valence-corrected chi connectivity index (χ2v) is 8.21. The van der Waals surface area contributed by atoms with Crippen LogP contribution in [0.15, 0.2) is 17.1 Å². The number of ether oxygens (including phenoxy) is 1. The molecule has 29 heavy (non-hydrogen) atoms. The highest BCUT2D eigenvalue weighted by molar-refractivity contribution is 5.80. The first-order valence-corrected chi connectivity index (χ1v) is 11.3. The van der Waals surface area contributed by atoms with Gasteiger partial charge in [-0.25, -0.2) is 4.99 Å². The van der Waals surface area contributed by atoms with E-state index in [0.717, 1.165) is 76.4 Å². The van der Waals surface area contributed by atoms with Gasteiger partial charge in [0, 0.05) is 51.5 Å². The Kier molecular flexibility index (Phi) is 8.62. The molecular weight excluding hydrogens is 364 g/mol. The van der Waals surface area contributed by atoms with Gasteiger partial charge in [-0.1, -0.05) is 6.07 Å². The summed E-state index contributed by atoms with van der Waals surface area (Å²) in [6.45, 7) is 7.65. The molecule has 0 radical (unpaired) electrons. The van der Waals surface area contributed by atoms with Gasteiger partial charge in [0.2, 0.25) is 0 Å². The van der Waals surface area contributed by atoms with E-state index in [1.807, 2.05) is 6.07 Å². The molecule has 1 fully saturated rings. The normalized spacial score (nSPS) is 18.5. The molecule has 0 atom stereocenters. The molecule has 162 valence electrons. The fraction of sp³-hybridized carbons (Fsp3) is 0.696. The Bertz CT molecular complexity index is 669. The van der Waals surface area contributed by atoms with Crippen LogP contribution in [-0.4, -0.2) is 61.9 Å². The lowest BCUT2D eigenvalue weighted by molar-refractivity contribution is 0.155. The number of hydrogen-bond acceptors (Lipinski definition) is 4. The second kappa shape index (κ2) is 11.4. The maximum atomic E-state index is 10.4. The van der Waals surface area contributed by atoms with Crippen molar-refractivity contribution in [3.63, 3.8) is 0 Å². The molecule has 6 nitrogen and oxygen atoms in total. The minimum Gasteiger partial charge on any atom is -0.508 e. The minimum atomic E-state index is 0.384. The highest BCUT2D eigenvalue weighted by Gasteiger charge is 2.20. The van der Waals surface area contributed by atoms with Gasteiger partial charge in [0.05, 0.1) is 6.54 Å². The van der Waals surface area contributed by atoms with Crippen molar-refractivity contribution in [2.45, 2.75) is 64.5 Å². The van der Waals surface area contributed by atoms with Gasteiger partial charge in [-0.05, 0) is 69.1 Å². The van der Waals surface area contributed by atoms with Gasteiger partial charge in [-0.2, -0.15) is 0 Å². The fourth-order valence-corrected chi connectivity index (χ4v) is 4.47. The van der Waals surface area contributed by atoms with Crippen LogP contribution in [0, 0.1) is 0 Å². The number of methoxy groups -OCH3 is 1. The van der Waals surface area contributed by atoms with Crippen molar-refractivity contribution in [2.24, 2.45) is 4.99 Å². The Hall–Kier alpha value is -1.79. The Labute approximate surface area is 175 Å². The minimum absolute atomic E-state index is 0.384. The summed E-state index contributed by atoms with van der Waals surface area (Å²) in [5, 5.41) is 17.4. The number of phenols is 1. The molecular formula is C23H38N4O2. The van der Waals surface area contributed by atoms with Crippen molar-refractivity contribution in [1.82, 2.24) is 15.5 Å². The molecule has 0 bridgehead atoms. The molecule has 3 rings (SSSR count). The fourth-order valence-electron chi connectivity index (χ4n) is 4.47. The highest BCUT2D eigenvalue weighted by Crippen LogP contribution is 2.31. The monoisotopic (exact) mass is 402 g/mol. The van der Waals surface area contributed by atoms with Crippen LogP contribution in [0.1, 0.15) is 55.7 Å². The van der Waals surface area contributed by atoms with Gasteiger partial charge in [0.15, 0.2) is 5.96 Å². The number of piperidine rings is 1. The van der Waals surface area contributed by atoms with Gasteiger partial charge in [-0.15, -0.1) is 0 Å². The summed E-state index contributed by atoms with van der Waals surface area (Å²) in [4.78, 5) is 7.35. The second-order valence-electron chi connectivity index (χ2n) is 8.21. The van der Waals surface area contributed by atoms with Crippen molar-refractivity contribution >= 4 is 5.96 Å². The van der Waals surface area contributed by atoms with E-state index in [0.29, 0.717) is 18.3 Å². The summed E-state index contributed by atoms with van der Waals surface area (Å²) in [6, 6.07) is 4.38. The number of rotatable bonds is 8. The van der Waals surface area contributed by atoms with Crippen LogP contribution >= 0.6 is 0 Å². The van der Waals surface area contributed by atoms with Crippen LogP contribution in [0.25, 0.3) is 0 Å². The standard InChI is InChI=1S/C23H38N4O2/c1-3-24-23(26-19-11-14-27(15-12-19)13-6-16-29-2)25-17-21-20-8-5-4-7-18(20)9-10-22(21)28/h9-10,19,28H,3-8,11-17H2,1-2H3,(H2,24,25,26). The first-order chi connectivity index (χ1) is 14.2. The lowest BCUT2D eigenvalue weighted by Crippen LogP contribution is -2.48. The zero-order chi connectivity index (χ0) is 20.5. The molecule has 1 saturated heterocycles. The molecule has 1 aromatic rings. The number of guanidine groups is 1. The smallest absolute Gasteiger partial charge is 0.191 e. The molecule has 1 aromatic carbocycles. The van der Waals surface area contributed by atoms with Gasteiger partial charge < -0.3 is 25.4 Å². The van der Waals surface area contributed by atoms with Gasteiger partial charge >= 0.3 is 0 Å². The van der Waals surface area contributed by atoms with E-state index < -0.39 is 0 Å². The molecule has 0 saturated carbocycles. The molecule has 1 heterocycles. The van der Waals surface area contributed by atoms with Crippen molar-refractivity contribution in [3.8, 4) is 5.75 Å². The number of fused-ring (bicyclic) bond motifs is 1. The Balaban J connectivity index is 1.57. The molecule has 1 aliphatic carbocycles. The highest BCUT2D eigenvalue weighted by atomic mass is 16.5. The predicted molar refractivity (Wildman–Crippen MR) is 119 cm³/mol. The van der Waals surface area contributed by atoms with Crippen LogP contribution < -0.4 is 10.6 Å². The van der Waals surface area contributed by atoms with Gasteiger partial charge in [0.1, 0.15) is 5.75 Å². The summed E-state index contributed by atoms with van der Waals surface area (Å²) in [7, 11) is 1.77. The average Bonchev–Trinajstić information content (AvgIpc) is 2.74. The first-order valence-electron chi connectivity index (χ1n) is 11.3. The quantitative estimate of drug-likeness (QED) is 0.354. The molecule has 1 aliphatic heterocycles. The summed E-state index contributed by atoms with van der Waals surface area (Å²) < 4.78 is 5.16. The van der Waals surface area contributed by atoms with Crippen LogP contribution in [0.5, 0.6) is 5.75 Å². The maximum absolute atomic E-state index is 10.4. The third-order valence-electron chi connectivity index (χ3n) is 6.12. The SMILES string of the molecule is CCNC(=NCc1c(O)ccc2c1CCCC2)NC1CCN(CCCOC)CC1. The maximum Gasteiger partial charge on any atom is 0.191 e. The average molecular weight is 403 g/mol. The van der Waals surface area contributed by atoms with E-state index in [1.165, 1.54) is 24.0 Å². The van der Waals surface area contributed by atoms with Crippen LogP contribution in [0.4, 0.5) is 0 Å². The number of nitrogens with one attached hydrogen (secondary N) is 2. The van der Waals surface area contributed by atoms with Gasteiger partial charge in [0.25, 0.3) is 0 Å². The van der Waals surface area contributed by atoms with E-state index in [1.54, 1.807) is 7.11 Å². The Morgan fingerprint density at radius 2 is 2.03 bits per heavy atom. The molecule has 0 aromatic heterocycles. The molecule has 6 heteroatoms. The van der Waals surface area contributed by atoms with Crippen LogP contribution in [0.2, 0.25) is 0 Å². The van der Waals surface area contributed by atoms with Crippen molar-refractivity contribution < 1.29 is 9.84 Å². The first kappa shape index (κ1) is 21.9. The van der Waals surface area contributed by atoms with E-state index in [2.05, 4.69) is 28.5 Å². The largest absolute Gasteiger partial charge is 0.508 e. The summed E-state index contributed by atoms with van der Waals surface area (Å²) in [6.07, 6.45) is 7.98. The summed E-state index contributed by atoms with van der Waals surface area (Å²) in [5.74, 6) is 1.24. The van der Waals surface area contributed by atoms with E-state index in [-0.39, 0.29) is 0 Å². The number of aryl methyl sites for hydroxylation is 1. The van der Waals surface area contributed by atoms with Crippen LogP contribution in [0.3, 0.4) is 0 Å². The summed E-state index contributed by atoms with van der Waals surface area (Å²) in [5.41, 5.74) is 3.71. The zero-order valence-electron chi connectivity index (χ0n) is 18.2. The van der Waals surface area contributed by atoms with Crippen molar-refractivity contribution in [1.29, 1.82) is 0 Å². The number of likely N-dealkylation sites (tertiary alicyclic amines) is 1. The Morgan fingerprint density at radius 3 is 2.79 bits per heavy atom. The molecule has 2 aliphatic rings. The van der Waals surface area contributed by atoms with Gasteiger partial charge in [-0.3, -0.25) is 0 Å². The van der Waals surface area contributed by atoms with E-state index in [4.69, 9.17) is 9.73 Å².